The molecule has 5 nitrogen and oxygen atoms in total. The first-order valence-corrected chi connectivity index (χ1v) is 11.3. The number of para-hydroxylation sites is 1. The molecule has 172 valence electrons. The van der Waals surface area contributed by atoms with Crippen LogP contribution in [0, 0.1) is 11.6 Å². The minimum absolute atomic E-state index is 0.0473. The van der Waals surface area contributed by atoms with Gasteiger partial charge in [0.2, 0.25) is 5.91 Å². The van der Waals surface area contributed by atoms with Crippen molar-refractivity contribution in [1.82, 2.24) is 14.7 Å². The van der Waals surface area contributed by atoms with Crippen LogP contribution in [0.4, 0.5) is 8.78 Å². The smallest absolute Gasteiger partial charge is 0.222 e. The number of nitrogens with zero attached hydrogens (tertiary/aromatic N) is 3. The number of hydrogen-bond donors (Lipinski definition) is 0. The van der Waals surface area contributed by atoms with Gasteiger partial charge in [-0.3, -0.25) is 14.6 Å². The molecule has 0 saturated carbocycles. The van der Waals surface area contributed by atoms with Gasteiger partial charge in [0.15, 0.2) is 0 Å². The minimum Gasteiger partial charge on any atom is -0.496 e. The lowest BCUT2D eigenvalue weighted by atomic mass is 10.1. The van der Waals surface area contributed by atoms with Gasteiger partial charge in [-0.25, -0.2) is 8.78 Å². The summed E-state index contributed by atoms with van der Waals surface area (Å²) >= 11 is 0. The fraction of sp³-hybridized carbons (Fsp3) is 0.480. The van der Waals surface area contributed by atoms with Crippen molar-refractivity contribution in [3.63, 3.8) is 0 Å². The van der Waals surface area contributed by atoms with Crippen molar-refractivity contribution in [1.29, 1.82) is 0 Å². The molecular formula is C25H31F2N3O2. The predicted octanol–water partition coefficient (Wildman–Crippen LogP) is 3.67. The second-order valence-corrected chi connectivity index (χ2v) is 8.66. The molecule has 7 heteroatoms. The van der Waals surface area contributed by atoms with Gasteiger partial charge < -0.3 is 9.64 Å². The number of piperazine rings is 1. The van der Waals surface area contributed by atoms with E-state index in [4.69, 9.17) is 4.74 Å². The summed E-state index contributed by atoms with van der Waals surface area (Å²) in [5.74, 6) is -0.218. The lowest BCUT2D eigenvalue weighted by Crippen LogP contribution is -2.50. The quantitative estimate of drug-likeness (QED) is 0.683. The van der Waals surface area contributed by atoms with Crippen LogP contribution in [0.1, 0.15) is 30.4 Å². The van der Waals surface area contributed by atoms with E-state index in [0.29, 0.717) is 24.6 Å². The van der Waals surface area contributed by atoms with E-state index in [1.807, 2.05) is 18.2 Å². The van der Waals surface area contributed by atoms with Crippen LogP contribution in [0.15, 0.2) is 42.5 Å². The standard InChI is InChI=1S/C25H31F2N3O2/c1-32-24-5-3-2-4-20(24)17-28-12-14-29(15-13-28)22-8-9-25(31)30(11-10-22)18-19-6-7-21(26)16-23(19)27/h2-7,16,22H,8-15,17-18H2,1H3. The first-order chi connectivity index (χ1) is 15.5. The highest BCUT2D eigenvalue weighted by molar-refractivity contribution is 5.76. The Morgan fingerprint density at radius 2 is 1.72 bits per heavy atom. The van der Waals surface area contributed by atoms with E-state index < -0.39 is 11.6 Å². The molecule has 0 spiro atoms. The topological polar surface area (TPSA) is 36.0 Å². The van der Waals surface area contributed by atoms with Crippen molar-refractivity contribution in [3.05, 3.63) is 65.2 Å². The zero-order valence-corrected chi connectivity index (χ0v) is 18.6. The summed E-state index contributed by atoms with van der Waals surface area (Å²) in [6.07, 6.45) is 2.17. The summed E-state index contributed by atoms with van der Waals surface area (Å²) < 4.78 is 32.7. The summed E-state index contributed by atoms with van der Waals surface area (Å²) in [4.78, 5) is 19.3. The molecule has 32 heavy (non-hydrogen) atoms. The van der Waals surface area contributed by atoms with Gasteiger partial charge >= 0.3 is 0 Å². The number of carbonyl (C=O) groups excluding carboxylic acids is 1. The second-order valence-electron chi connectivity index (χ2n) is 8.66. The van der Waals surface area contributed by atoms with E-state index in [1.54, 1.807) is 12.0 Å². The van der Waals surface area contributed by atoms with Crippen molar-refractivity contribution in [2.24, 2.45) is 0 Å². The summed E-state index contributed by atoms with van der Waals surface area (Å²) in [6, 6.07) is 12.1. The van der Waals surface area contributed by atoms with Crippen molar-refractivity contribution >= 4 is 5.91 Å². The van der Waals surface area contributed by atoms with E-state index >= 15 is 0 Å². The first-order valence-electron chi connectivity index (χ1n) is 11.3. The molecule has 2 aliphatic rings. The molecule has 2 aromatic carbocycles. The zero-order chi connectivity index (χ0) is 22.5. The van der Waals surface area contributed by atoms with E-state index in [0.717, 1.165) is 57.4 Å². The fourth-order valence-corrected chi connectivity index (χ4v) is 4.77. The van der Waals surface area contributed by atoms with E-state index in [9.17, 15) is 13.6 Å². The summed E-state index contributed by atoms with van der Waals surface area (Å²) in [7, 11) is 1.71. The maximum atomic E-state index is 14.0. The van der Waals surface area contributed by atoms with Crippen molar-refractivity contribution in [2.45, 2.75) is 38.4 Å². The zero-order valence-electron chi connectivity index (χ0n) is 18.6. The molecule has 2 fully saturated rings. The first kappa shape index (κ1) is 22.7. The highest BCUT2D eigenvalue weighted by Crippen LogP contribution is 2.24. The minimum atomic E-state index is -0.599. The lowest BCUT2D eigenvalue weighted by Gasteiger charge is -2.39. The highest BCUT2D eigenvalue weighted by Gasteiger charge is 2.29. The van der Waals surface area contributed by atoms with Gasteiger partial charge in [0.1, 0.15) is 17.4 Å². The van der Waals surface area contributed by atoms with Crippen molar-refractivity contribution in [2.75, 3.05) is 39.8 Å². The number of rotatable bonds is 6. The van der Waals surface area contributed by atoms with E-state index in [-0.39, 0.29) is 12.5 Å². The average molecular weight is 444 g/mol. The van der Waals surface area contributed by atoms with Gasteiger partial charge in [0, 0.05) is 75.5 Å². The van der Waals surface area contributed by atoms with Crippen LogP contribution in [0.5, 0.6) is 5.75 Å². The molecule has 0 radical (unpaired) electrons. The third kappa shape index (κ3) is 5.45. The number of likely N-dealkylation sites (tertiary alicyclic amines) is 1. The fourth-order valence-electron chi connectivity index (χ4n) is 4.77. The molecule has 1 amide bonds. The van der Waals surface area contributed by atoms with Crippen LogP contribution >= 0.6 is 0 Å². The molecule has 4 rings (SSSR count). The average Bonchev–Trinajstić information content (AvgIpc) is 2.98. The molecule has 0 bridgehead atoms. The molecule has 2 heterocycles. The Bertz CT molecular complexity index is 931. The van der Waals surface area contributed by atoms with Crippen LogP contribution < -0.4 is 4.74 Å². The van der Waals surface area contributed by atoms with Crippen LogP contribution in [0.2, 0.25) is 0 Å². The summed E-state index contributed by atoms with van der Waals surface area (Å²) in [6.45, 7) is 5.57. The second kappa shape index (κ2) is 10.4. The largest absolute Gasteiger partial charge is 0.496 e. The monoisotopic (exact) mass is 443 g/mol. The molecule has 0 N–H and O–H groups in total. The van der Waals surface area contributed by atoms with E-state index in [2.05, 4.69) is 15.9 Å². The SMILES string of the molecule is COc1ccccc1CN1CCN(C2CCC(=O)N(Cc3ccc(F)cc3F)CC2)CC1. The number of hydrogen-bond acceptors (Lipinski definition) is 4. The van der Waals surface area contributed by atoms with Gasteiger partial charge in [0.25, 0.3) is 0 Å². The van der Waals surface area contributed by atoms with Gasteiger partial charge in [-0.15, -0.1) is 0 Å². The summed E-state index contributed by atoms with van der Waals surface area (Å²) in [5.41, 5.74) is 1.57. The van der Waals surface area contributed by atoms with E-state index in [1.165, 1.54) is 17.7 Å². The maximum absolute atomic E-state index is 14.0. The number of methoxy groups -OCH3 is 1. The Balaban J connectivity index is 1.29. The maximum Gasteiger partial charge on any atom is 0.222 e. The number of amides is 1. The van der Waals surface area contributed by atoms with Crippen LogP contribution in [-0.4, -0.2) is 66.5 Å². The molecule has 2 aliphatic heterocycles. The summed E-state index contributed by atoms with van der Waals surface area (Å²) in [5, 5.41) is 0. The van der Waals surface area contributed by atoms with Crippen LogP contribution in [0.25, 0.3) is 0 Å². The Labute approximate surface area is 188 Å². The molecule has 0 aliphatic carbocycles. The molecule has 0 aromatic heterocycles. The molecule has 2 aromatic rings. The van der Waals surface area contributed by atoms with Gasteiger partial charge in [-0.1, -0.05) is 24.3 Å². The lowest BCUT2D eigenvalue weighted by molar-refractivity contribution is -0.131. The third-order valence-corrected chi connectivity index (χ3v) is 6.66. The molecule has 1 atom stereocenters. The van der Waals surface area contributed by atoms with Gasteiger partial charge in [-0.2, -0.15) is 0 Å². The number of carbonyl (C=O) groups is 1. The molecule has 2 saturated heterocycles. The predicted molar refractivity (Wildman–Crippen MR) is 119 cm³/mol. The number of benzene rings is 2. The van der Waals surface area contributed by atoms with Gasteiger partial charge in [-0.05, 0) is 25.0 Å². The van der Waals surface area contributed by atoms with Crippen LogP contribution in [0.3, 0.4) is 0 Å². The Morgan fingerprint density at radius 3 is 2.47 bits per heavy atom. The van der Waals surface area contributed by atoms with Crippen molar-refractivity contribution < 1.29 is 18.3 Å². The van der Waals surface area contributed by atoms with Crippen molar-refractivity contribution in [3.8, 4) is 5.75 Å². The number of halogens is 2. The normalized spacial score (nSPS) is 20.9. The Morgan fingerprint density at radius 1 is 0.938 bits per heavy atom. The number of ether oxygens (including phenoxy) is 1. The Hall–Kier alpha value is -2.51. The third-order valence-electron chi connectivity index (χ3n) is 6.66. The Kier molecular flexibility index (Phi) is 7.37. The highest BCUT2D eigenvalue weighted by atomic mass is 19.1. The molecular weight excluding hydrogens is 412 g/mol. The molecule has 1 unspecified atom stereocenters. The van der Waals surface area contributed by atoms with Gasteiger partial charge in [0.05, 0.1) is 7.11 Å². The van der Waals surface area contributed by atoms with Crippen LogP contribution in [-0.2, 0) is 17.9 Å².